The average Bonchev–Trinajstić information content (AvgIpc) is 1.35. The van der Waals surface area contributed by atoms with Gasteiger partial charge in [-0.2, -0.15) is 0 Å². The molecule has 0 aliphatic carbocycles. The normalized spacial score (nSPS) is 11.3. The molecule has 2 nitrogen and oxygen atoms in total. The fourth-order valence-electron chi connectivity index (χ4n) is 0.166. The van der Waals surface area contributed by atoms with Gasteiger partial charge in [-0.25, -0.2) is 0 Å². The number of hydrogen-bond donors (Lipinski definition) is 0. The standard InChI is InChI=1S/C4H8O2/c1-4(5)3-6-2/h3,5H,1-2H3/p-1. The highest BCUT2D eigenvalue weighted by molar-refractivity contribution is 4.73. The van der Waals surface area contributed by atoms with Crippen LogP contribution in [0.5, 0.6) is 0 Å². The van der Waals surface area contributed by atoms with E-state index in [2.05, 4.69) is 4.74 Å². The van der Waals surface area contributed by atoms with Crippen LogP contribution < -0.4 is 5.11 Å². The second-order valence-electron chi connectivity index (χ2n) is 0.964. The van der Waals surface area contributed by atoms with Crippen molar-refractivity contribution in [2.45, 2.75) is 6.92 Å². The van der Waals surface area contributed by atoms with Gasteiger partial charge >= 0.3 is 0 Å². The molecule has 0 N–H and O–H groups in total. The molecule has 0 saturated heterocycles. The molecule has 0 heterocycles. The van der Waals surface area contributed by atoms with Gasteiger partial charge in [-0.1, -0.05) is 6.92 Å². The van der Waals surface area contributed by atoms with Crippen molar-refractivity contribution < 1.29 is 9.84 Å². The molecule has 0 aromatic heterocycles. The van der Waals surface area contributed by atoms with Gasteiger partial charge in [0, 0.05) is 0 Å². The van der Waals surface area contributed by atoms with Gasteiger partial charge in [0.1, 0.15) is 0 Å². The monoisotopic (exact) mass is 87.0 g/mol. The van der Waals surface area contributed by atoms with E-state index in [1.54, 1.807) is 0 Å². The van der Waals surface area contributed by atoms with Gasteiger partial charge in [-0.15, -0.1) is 5.76 Å². The molecule has 6 heavy (non-hydrogen) atoms. The Bertz CT molecular complexity index is 52.6. The molecule has 0 bridgehead atoms. The third-order valence-electron chi connectivity index (χ3n) is 0.284. The third-order valence-corrected chi connectivity index (χ3v) is 0.284. The van der Waals surface area contributed by atoms with E-state index in [1.807, 2.05) is 0 Å². The number of rotatable bonds is 1. The summed E-state index contributed by atoms with van der Waals surface area (Å²) in [5.74, 6) is -0.0579. The maximum atomic E-state index is 9.86. The van der Waals surface area contributed by atoms with Crippen LogP contribution in [0.3, 0.4) is 0 Å². The number of allylic oxidation sites excluding steroid dienone is 1. The van der Waals surface area contributed by atoms with Crippen LogP contribution in [0.4, 0.5) is 0 Å². The Morgan fingerprint density at radius 3 is 2.33 bits per heavy atom. The quantitative estimate of drug-likeness (QED) is 0.417. The highest BCUT2D eigenvalue weighted by Gasteiger charge is 1.57. The number of hydrogen-bond acceptors (Lipinski definition) is 2. The summed E-state index contributed by atoms with van der Waals surface area (Å²) >= 11 is 0. The zero-order valence-corrected chi connectivity index (χ0v) is 3.89. The van der Waals surface area contributed by atoms with Gasteiger partial charge in [-0.05, 0) is 0 Å². The molecular weight excluding hydrogens is 80.0 g/mol. The zero-order chi connectivity index (χ0) is 4.99. The van der Waals surface area contributed by atoms with Crippen molar-refractivity contribution in [1.29, 1.82) is 0 Å². The SMILES string of the molecule is COC=C(C)[O-]. The van der Waals surface area contributed by atoms with E-state index >= 15 is 0 Å². The Morgan fingerprint density at radius 1 is 1.83 bits per heavy atom. The minimum absolute atomic E-state index is 0.0579. The predicted molar refractivity (Wildman–Crippen MR) is 20.8 cm³/mol. The molecule has 0 atom stereocenters. The Morgan fingerprint density at radius 2 is 2.33 bits per heavy atom. The van der Waals surface area contributed by atoms with E-state index in [0.717, 1.165) is 6.26 Å². The molecule has 0 radical (unpaired) electrons. The van der Waals surface area contributed by atoms with Crippen molar-refractivity contribution in [1.82, 2.24) is 0 Å². The average molecular weight is 87.1 g/mol. The lowest BCUT2D eigenvalue weighted by Crippen LogP contribution is -1.97. The molecule has 0 aromatic carbocycles. The van der Waals surface area contributed by atoms with E-state index in [1.165, 1.54) is 14.0 Å². The lowest BCUT2D eigenvalue weighted by molar-refractivity contribution is -0.304. The van der Waals surface area contributed by atoms with Crippen molar-refractivity contribution in [3.8, 4) is 0 Å². The fraction of sp³-hybridized carbons (Fsp3) is 0.500. The van der Waals surface area contributed by atoms with Crippen LogP contribution in [0.2, 0.25) is 0 Å². The first-order chi connectivity index (χ1) is 2.77. The Labute approximate surface area is 37.1 Å². The van der Waals surface area contributed by atoms with Crippen LogP contribution in [0.15, 0.2) is 12.0 Å². The van der Waals surface area contributed by atoms with Crippen molar-refractivity contribution >= 4 is 0 Å². The highest BCUT2D eigenvalue weighted by Crippen LogP contribution is 1.74. The summed E-state index contributed by atoms with van der Waals surface area (Å²) in [7, 11) is 1.45. The maximum Gasteiger partial charge on any atom is 0.0766 e. The molecule has 0 fully saturated rings. The van der Waals surface area contributed by atoms with Gasteiger partial charge in [-0.3, -0.25) is 0 Å². The third kappa shape index (κ3) is 3.34. The molecule has 0 unspecified atom stereocenters. The van der Waals surface area contributed by atoms with Crippen molar-refractivity contribution in [2.24, 2.45) is 0 Å². The number of methoxy groups -OCH3 is 1. The molecule has 0 aliphatic heterocycles. The lowest BCUT2D eigenvalue weighted by atomic mass is 10.7. The van der Waals surface area contributed by atoms with Crippen LogP contribution in [0.25, 0.3) is 0 Å². The van der Waals surface area contributed by atoms with Gasteiger partial charge in [0.25, 0.3) is 0 Å². The minimum Gasteiger partial charge on any atom is -0.874 e. The second kappa shape index (κ2) is 2.57. The largest absolute Gasteiger partial charge is 0.874 e. The van der Waals surface area contributed by atoms with Gasteiger partial charge in [0.2, 0.25) is 0 Å². The van der Waals surface area contributed by atoms with E-state index in [0.29, 0.717) is 0 Å². The Hall–Kier alpha value is -0.660. The minimum atomic E-state index is -0.0579. The molecule has 0 amide bonds. The van der Waals surface area contributed by atoms with Crippen LogP contribution in [0.1, 0.15) is 6.92 Å². The Balaban J connectivity index is 3.14. The molecule has 36 valence electrons. The topological polar surface area (TPSA) is 32.3 Å². The first-order valence-electron chi connectivity index (χ1n) is 1.64. The summed E-state index contributed by atoms with van der Waals surface area (Å²) in [6.07, 6.45) is 1.15. The molecule has 0 saturated carbocycles. The van der Waals surface area contributed by atoms with E-state index in [4.69, 9.17) is 0 Å². The predicted octanol–water partition coefficient (Wildman–Crippen LogP) is -0.146. The molecular formula is C4H7O2-. The summed E-state index contributed by atoms with van der Waals surface area (Å²) in [6, 6.07) is 0. The second-order valence-corrected chi connectivity index (χ2v) is 0.964. The summed E-state index contributed by atoms with van der Waals surface area (Å²) in [5, 5.41) is 9.86. The summed E-state index contributed by atoms with van der Waals surface area (Å²) in [6.45, 7) is 1.43. The fourth-order valence-corrected chi connectivity index (χ4v) is 0.166. The summed E-state index contributed by atoms with van der Waals surface area (Å²) in [4.78, 5) is 0. The first kappa shape index (κ1) is 5.34. The molecule has 0 aliphatic rings. The molecule has 2 heteroatoms. The van der Waals surface area contributed by atoms with Crippen LogP contribution in [-0.2, 0) is 4.74 Å². The van der Waals surface area contributed by atoms with Crippen molar-refractivity contribution in [2.75, 3.05) is 7.11 Å². The smallest absolute Gasteiger partial charge is 0.0766 e. The van der Waals surface area contributed by atoms with E-state index in [-0.39, 0.29) is 5.76 Å². The Kier molecular flexibility index (Phi) is 2.29. The molecule has 0 rings (SSSR count). The van der Waals surface area contributed by atoms with E-state index < -0.39 is 0 Å². The van der Waals surface area contributed by atoms with Gasteiger partial charge in [0.15, 0.2) is 0 Å². The first-order valence-corrected chi connectivity index (χ1v) is 1.64. The molecule has 0 aromatic rings. The van der Waals surface area contributed by atoms with Gasteiger partial charge in [0.05, 0.1) is 13.4 Å². The maximum absolute atomic E-state index is 9.86. The molecule has 0 spiro atoms. The summed E-state index contributed by atoms with van der Waals surface area (Å²) < 4.78 is 4.33. The number of ether oxygens (including phenoxy) is 1. The van der Waals surface area contributed by atoms with E-state index in [9.17, 15) is 5.11 Å². The van der Waals surface area contributed by atoms with Gasteiger partial charge < -0.3 is 9.84 Å². The lowest BCUT2D eigenvalue weighted by Gasteiger charge is -1.99. The van der Waals surface area contributed by atoms with Crippen LogP contribution >= 0.6 is 0 Å². The summed E-state index contributed by atoms with van der Waals surface area (Å²) in [5.41, 5.74) is 0. The highest BCUT2D eigenvalue weighted by atomic mass is 16.5. The van der Waals surface area contributed by atoms with Crippen molar-refractivity contribution in [3.05, 3.63) is 12.0 Å². The van der Waals surface area contributed by atoms with Crippen LogP contribution in [0, 0.1) is 0 Å². The van der Waals surface area contributed by atoms with Crippen molar-refractivity contribution in [3.63, 3.8) is 0 Å². The van der Waals surface area contributed by atoms with Crippen LogP contribution in [-0.4, -0.2) is 7.11 Å². The zero-order valence-electron chi connectivity index (χ0n) is 3.89.